The number of nitrogens with zero attached hydrogens (tertiary/aromatic N) is 1. The van der Waals surface area contributed by atoms with Crippen molar-refractivity contribution in [2.45, 2.75) is 56.8 Å². The summed E-state index contributed by atoms with van der Waals surface area (Å²) in [5.41, 5.74) is 2.35. The van der Waals surface area contributed by atoms with Crippen molar-refractivity contribution in [3.8, 4) is 0 Å². The number of carbonyl (C=O) groups excluding carboxylic acids is 2. The van der Waals surface area contributed by atoms with E-state index in [1.165, 1.54) is 24.3 Å². The highest BCUT2D eigenvalue weighted by molar-refractivity contribution is 6.33. The lowest BCUT2D eigenvalue weighted by Crippen LogP contribution is -2.48. The predicted octanol–water partition coefficient (Wildman–Crippen LogP) is 7.26. The van der Waals surface area contributed by atoms with E-state index in [-0.39, 0.29) is 34.0 Å². The van der Waals surface area contributed by atoms with Gasteiger partial charge in [-0.25, -0.2) is 4.39 Å². The molecule has 2 amide bonds. The zero-order valence-electron chi connectivity index (χ0n) is 23.4. The number of halogens is 5. The standard InChI is InChI=1S/C33H32ClF4N3O2/c34-27-9-8-24(35)18-26(27)30(42)40-28-10-5-20-1-2-22(17-25(20)28)31(43)41-16-13-32(11-14-39-15-12-32)19-29(41)21-3-6-23(7-4-21)33(36,37)38/h1-4,6-9,17-18,28-29,39H,5,10-16,19H2,(H,40,42). The summed E-state index contributed by atoms with van der Waals surface area (Å²) < 4.78 is 53.7. The Labute approximate surface area is 252 Å². The molecule has 2 saturated heterocycles. The van der Waals surface area contributed by atoms with Gasteiger partial charge in [0, 0.05) is 12.1 Å². The van der Waals surface area contributed by atoms with Crippen molar-refractivity contribution in [3.05, 3.63) is 105 Å². The molecule has 3 aliphatic rings. The molecule has 6 rings (SSSR count). The van der Waals surface area contributed by atoms with E-state index >= 15 is 0 Å². The number of hydrogen-bond donors (Lipinski definition) is 2. The van der Waals surface area contributed by atoms with E-state index in [0.717, 1.165) is 61.7 Å². The molecule has 10 heteroatoms. The zero-order chi connectivity index (χ0) is 30.4. The van der Waals surface area contributed by atoms with Crippen molar-refractivity contribution in [1.82, 2.24) is 15.5 Å². The molecule has 2 heterocycles. The molecule has 2 fully saturated rings. The minimum absolute atomic E-state index is 0.0287. The largest absolute Gasteiger partial charge is 0.416 e. The van der Waals surface area contributed by atoms with Crippen LogP contribution < -0.4 is 10.6 Å². The van der Waals surface area contributed by atoms with E-state index in [0.29, 0.717) is 36.9 Å². The van der Waals surface area contributed by atoms with Crippen LogP contribution in [0.3, 0.4) is 0 Å². The smallest absolute Gasteiger partial charge is 0.345 e. The molecule has 3 aromatic rings. The summed E-state index contributed by atoms with van der Waals surface area (Å²) >= 11 is 6.14. The Balaban J connectivity index is 1.27. The maximum atomic E-state index is 14.1. The predicted molar refractivity (Wildman–Crippen MR) is 155 cm³/mol. The Kier molecular flexibility index (Phi) is 7.98. The third-order valence-electron chi connectivity index (χ3n) is 9.38. The quantitative estimate of drug-likeness (QED) is 0.305. The van der Waals surface area contributed by atoms with Crippen LogP contribution >= 0.6 is 11.6 Å². The Morgan fingerprint density at radius 1 is 0.977 bits per heavy atom. The van der Waals surface area contributed by atoms with E-state index in [1.807, 2.05) is 12.1 Å². The SMILES string of the molecule is O=C(NC1CCc2ccc(C(=O)N3CCC4(CCNCC4)CC3c3ccc(C(F)(F)F)cc3)cc21)c1cc(F)ccc1Cl. The first-order chi connectivity index (χ1) is 20.5. The van der Waals surface area contributed by atoms with Gasteiger partial charge >= 0.3 is 6.18 Å². The van der Waals surface area contributed by atoms with Crippen molar-refractivity contribution in [2.24, 2.45) is 5.41 Å². The molecule has 1 aliphatic carbocycles. The number of benzene rings is 3. The molecule has 0 aromatic heterocycles. The zero-order valence-corrected chi connectivity index (χ0v) is 24.2. The van der Waals surface area contributed by atoms with Crippen LogP contribution in [0.15, 0.2) is 60.7 Å². The van der Waals surface area contributed by atoms with Gasteiger partial charge in [0.2, 0.25) is 0 Å². The molecule has 1 spiro atoms. The number of likely N-dealkylation sites (tertiary alicyclic amines) is 1. The highest BCUT2D eigenvalue weighted by Gasteiger charge is 2.43. The van der Waals surface area contributed by atoms with Gasteiger partial charge in [0.1, 0.15) is 5.82 Å². The minimum atomic E-state index is -4.44. The molecule has 0 saturated carbocycles. The van der Waals surface area contributed by atoms with Crippen LogP contribution in [0.1, 0.15) is 87.2 Å². The number of rotatable bonds is 4. The van der Waals surface area contributed by atoms with Crippen LogP contribution in [0.5, 0.6) is 0 Å². The second-order valence-electron chi connectivity index (χ2n) is 11.9. The lowest BCUT2D eigenvalue weighted by Gasteiger charge is -2.49. The number of fused-ring (bicyclic) bond motifs is 1. The highest BCUT2D eigenvalue weighted by Crippen LogP contribution is 2.48. The monoisotopic (exact) mass is 613 g/mol. The van der Waals surface area contributed by atoms with Crippen LogP contribution in [-0.4, -0.2) is 36.3 Å². The third kappa shape index (κ3) is 6.02. The van der Waals surface area contributed by atoms with Crippen LogP contribution in [0.2, 0.25) is 5.02 Å². The number of amides is 2. The van der Waals surface area contributed by atoms with E-state index in [2.05, 4.69) is 10.6 Å². The molecule has 0 bridgehead atoms. The molecule has 0 radical (unpaired) electrons. The van der Waals surface area contributed by atoms with Gasteiger partial charge in [-0.2, -0.15) is 13.2 Å². The third-order valence-corrected chi connectivity index (χ3v) is 9.71. The van der Waals surface area contributed by atoms with Crippen LogP contribution in [0, 0.1) is 11.2 Å². The van der Waals surface area contributed by atoms with E-state index in [1.54, 1.807) is 11.0 Å². The molecular formula is C33H32ClF4N3O2. The van der Waals surface area contributed by atoms with Gasteiger partial charge in [-0.3, -0.25) is 9.59 Å². The van der Waals surface area contributed by atoms with Crippen molar-refractivity contribution in [2.75, 3.05) is 19.6 Å². The summed E-state index contributed by atoms with van der Waals surface area (Å²) in [6.45, 7) is 2.26. The maximum absolute atomic E-state index is 14.1. The van der Waals surface area contributed by atoms with Crippen LogP contribution in [0.4, 0.5) is 17.6 Å². The molecule has 2 N–H and O–H groups in total. The molecule has 2 atom stereocenters. The molecule has 2 unspecified atom stereocenters. The number of nitrogens with one attached hydrogen (secondary N) is 2. The van der Waals surface area contributed by atoms with Gasteiger partial charge < -0.3 is 15.5 Å². The average molecular weight is 614 g/mol. The van der Waals surface area contributed by atoms with Gasteiger partial charge in [-0.05, 0) is 116 Å². The van der Waals surface area contributed by atoms with Crippen molar-refractivity contribution in [1.29, 1.82) is 0 Å². The van der Waals surface area contributed by atoms with Gasteiger partial charge in [-0.15, -0.1) is 0 Å². The normalized spacial score (nSPS) is 21.5. The molecular weight excluding hydrogens is 582 g/mol. The fourth-order valence-electron chi connectivity index (χ4n) is 6.94. The Bertz CT molecular complexity index is 1540. The number of piperidine rings is 2. The Morgan fingerprint density at radius 2 is 1.72 bits per heavy atom. The second-order valence-corrected chi connectivity index (χ2v) is 12.3. The lowest BCUT2D eigenvalue weighted by atomic mass is 9.68. The molecule has 5 nitrogen and oxygen atoms in total. The summed E-state index contributed by atoms with van der Waals surface area (Å²) in [5, 5.41) is 6.48. The first-order valence-electron chi connectivity index (χ1n) is 14.6. The van der Waals surface area contributed by atoms with Crippen LogP contribution in [-0.2, 0) is 12.6 Å². The van der Waals surface area contributed by atoms with E-state index in [4.69, 9.17) is 11.6 Å². The Morgan fingerprint density at radius 3 is 2.44 bits per heavy atom. The highest BCUT2D eigenvalue weighted by atomic mass is 35.5. The Hall–Kier alpha value is -3.43. The van der Waals surface area contributed by atoms with Crippen molar-refractivity contribution < 1.29 is 27.2 Å². The van der Waals surface area contributed by atoms with Gasteiger partial charge in [0.25, 0.3) is 11.8 Å². The van der Waals surface area contributed by atoms with Crippen LogP contribution in [0.25, 0.3) is 0 Å². The average Bonchev–Trinajstić information content (AvgIpc) is 3.39. The number of hydrogen-bond acceptors (Lipinski definition) is 3. The summed E-state index contributed by atoms with van der Waals surface area (Å²) in [6, 6.07) is 13.6. The number of aryl methyl sites for hydroxylation is 1. The van der Waals surface area contributed by atoms with Crippen molar-refractivity contribution >= 4 is 23.4 Å². The summed E-state index contributed by atoms with van der Waals surface area (Å²) in [4.78, 5) is 28.9. The first kappa shape index (κ1) is 29.6. The van der Waals surface area contributed by atoms with E-state index in [9.17, 15) is 27.2 Å². The second kappa shape index (κ2) is 11.6. The topological polar surface area (TPSA) is 61.4 Å². The van der Waals surface area contributed by atoms with Crippen molar-refractivity contribution in [3.63, 3.8) is 0 Å². The molecule has 226 valence electrons. The minimum Gasteiger partial charge on any atom is -0.345 e. The first-order valence-corrected chi connectivity index (χ1v) is 15.0. The summed E-state index contributed by atoms with van der Waals surface area (Å²) in [6.07, 6.45) is 0.330. The summed E-state index contributed by atoms with van der Waals surface area (Å²) in [7, 11) is 0. The van der Waals surface area contributed by atoms with Gasteiger partial charge in [0.15, 0.2) is 0 Å². The molecule has 43 heavy (non-hydrogen) atoms. The lowest BCUT2D eigenvalue weighted by molar-refractivity contribution is -0.137. The fourth-order valence-corrected chi connectivity index (χ4v) is 7.14. The fraction of sp³-hybridized carbons (Fsp3) is 0.394. The van der Waals surface area contributed by atoms with E-state index < -0.39 is 23.5 Å². The summed E-state index contributed by atoms with van der Waals surface area (Å²) in [5.74, 6) is -1.25. The molecule has 2 aliphatic heterocycles. The number of carbonyl (C=O) groups is 2. The maximum Gasteiger partial charge on any atom is 0.416 e. The molecule has 3 aromatic carbocycles. The van der Waals surface area contributed by atoms with Gasteiger partial charge in [-0.1, -0.05) is 29.8 Å². The van der Waals surface area contributed by atoms with Gasteiger partial charge in [0.05, 0.1) is 28.2 Å². The number of alkyl halides is 3.